The summed E-state index contributed by atoms with van der Waals surface area (Å²) in [6, 6.07) is 57.5. The van der Waals surface area contributed by atoms with Crippen LogP contribution >= 0.6 is 0 Å². The van der Waals surface area contributed by atoms with E-state index in [0.717, 1.165) is 96.5 Å². The smallest absolute Gasteiger partial charge is 0.147 e. The fourth-order valence-corrected chi connectivity index (χ4v) is 9.71. The molecule has 61 heavy (non-hydrogen) atoms. The summed E-state index contributed by atoms with van der Waals surface area (Å²) in [5.74, 6) is 1.77. The Labute approximate surface area is 354 Å². The molecule has 2 heterocycles. The molecule has 0 aliphatic heterocycles. The Bertz CT molecular complexity index is 2990. The molecule has 2 atom stereocenters. The molecule has 6 nitrogen and oxygen atoms in total. The third kappa shape index (κ3) is 6.09. The number of benzene rings is 8. The Kier molecular flexibility index (Phi) is 8.81. The van der Waals surface area contributed by atoms with E-state index in [9.17, 15) is 10.2 Å². The van der Waals surface area contributed by atoms with Gasteiger partial charge in [-0.3, -0.25) is 0 Å². The van der Waals surface area contributed by atoms with Crippen molar-refractivity contribution in [3.05, 3.63) is 181 Å². The quantitative estimate of drug-likeness (QED) is 0.161. The molecule has 11 rings (SSSR count). The molecule has 2 N–H and O–H groups in total. The zero-order valence-corrected chi connectivity index (χ0v) is 34.0. The van der Waals surface area contributed by atoms with Crippen LogP contribution in [0.2, 0.25) is 0 Å². The van der Waals surface area contributed by atoms with Crippen molar-refractivity contribution in [3.63, 3.8) is 0 Å². The standard InChI is InChI=1S/C55H44N2O4/c1-34-30-42(54(58)48(32-34)56-44-22-9-3-16-36(44)37-17-4-10-23-45(37)56)40-20-7-13-26-50(40)60-52-28-15-29-53(52)61-51-27-14-8-21-41(51)43-31-35(2)33-49(55(43)59)57-46-24-11-5-18-38(46)39-19-6-12-25-47(39)57/h3-14,16-27,30-33,52-53,58-59H,15,28-29H2,1-2H3. The average Bonchev–Trinajstić information content (AvgIpc) is 3.97. The predicted octanol–water partition coefficient (Wildman–Crippen LogP) is 13.6. The summed E-state index contributed by atoms with van der Waals surface area (Å²) in [6.07, 6.45) is 2.11. The van der Waals surface area contributed by atoms with Crippen molar-refractivity contribution in [1.82, 2.24) is 9.13 Å². The predicted molar refractivity (Wildman–Crippen MR) is 248 cm³/mol. The number of hydrogen-bond acceptors (Lipinski definition) is 4. The van der Waals surface area contributed by atoms with Gasteiger partial charge in [0.25, 0.3) is 0 Å². The largest absolute Gasteiger partial charge is 0.505 e. The number of nitrogens with zero attached hydrogens (tertiary/aromatic N) is 2. The molecule has 298 valence electrons. The number of phenols is 2. The van der Waals surface area contributed by atoms with Crippen LogP contribution in [0, 0.1) is 13.8 Å². The van der Waals surface area contributed by atoms with Crippen LogP contribution in [0.3, 0.4) is 0 Å². The fraction of sp³-hybridized carbons (Fsp3) is 0.127. The van der Waals surface area contributed by atoms with Gasteiger partial charge in [-0.2, -0.15) is 0 Å². The van der Waals surface area contributed by atoms with Gasteiger partial charge >= 0.3 is 0 Å². The lowest BCUT2D eigenvalue weighted by atomic mass is 9.99. The Morgan fingerprint density at radius 3 is 1.11 bits per heavy atom. The van der Waals surface area contributed by atoms with Crippen LogP contribution in [-0.4, -0.2) is 31.6 Å². The summed E-state index contributed by atoms with van der Waals surface area (Å²) in [5.41, 5.74) is 10.7. The van der Waals surface area contributed by atoms with Gasteiger partial charge in [-0.1, -0.05) is 109 Å². The Morgan fingerprint density at radius 2 is 0.738 bits per heavy atom. The summed E-state index contributed by atoms with van der Waals surface area (Å²) in [4.78, 5) is 0. The molecule has 0 saturated heterocycles. The van der Waals surface area contributed by atoms with Gasteiger partial charge in [-0.15, -0.1) is 0 Å². The average molecular weight is 797 g/mol. The zero-order valence-electron chi connectivity index (χ0n) is 34.0. The van der Waals surface area contributed by atoms with Crippen LogP contribution in [0.4, 0.5) is 0 Å². The maximum absolute atomic E-state index is 12.2. The minimum Gasteiger partial charge on any atom is -0.505 e. The summed E-state index contributed by atoms with van der Waals surface area (Å²) in [5, 5.41) is 29.0. The minimum atomic E-state index is -0.239. The van der Waals surface area contributed by atoms with Crippen LogP contribution < -0.4 is 9.47 Å². The molecule has 1 aliphatic carbocycles. The highest BCUT2D eigenvalue weighted by atomic mass is 16.5. The van der Waals surface area contributed by atoms with Gasteiger partial charge < -0.3 is 28.8 Å². The summed E-state index contributed by atoms with van der Waals surface area (Å²) >= 11 is 0. The monoisotopic (exact) mass is 796 g/mol. The van der Waals surface area contributed by atoms with Crippen molar-refractivity contribution in [1.29, 1.82) is 0 Å². The molecule has 0 bridgehead atoms. The highest BCUT2D eigenvalue weighted by Gasteiger charge is 2.33. The Balaban J connectivity index is 0.939. The van der Waals surface area contributed by atoms with E-state index in [1.807, 2.05) is 84.9 Å². The van der Waals surface area contributed by atoms with E-state index in [4.69, 9.17) is 9.47 Å². The van der Waals surface area contributed by atoms with Gasteiger partial charge in [0, 0.05) is 43.8 Å². The number of aryl methyl sites for hydroxylation is 2. The molecule has 2 aromatic heterocycles. The van der Waals surface area contributed by atoms with Crippen LogP contribution in [0.1, 0.15) is 30.4 Å². The second kappa shape index (κ2) is 14.7. The van der Waals surface area contributed by atoms with E-state index < -0.39 is 0 Å². The highest BCUT2D eigenvalue weighted by Crippen LogP contribution is 2.46. The summed E-state index contributed by atoms with van der Waals surface area (Å²) in [7, 11) is 0. The topological polar surface area (TPSA) is 68.8 Å². The van der Waals surface area contributed by atoms with Gasteiger partial charge in [-0.25, -0.2) is 0 Å². The van der Waals surface area contributed by atoms with E-state index in [-0.39, 0.29) is 23.7 Å². The first-order valence-corrected chi connectivity index (χ1v) is 21.1. The van der Waals surface area contributed by atoms with E-state index in [1.54, 1.807) is 0 Å². The normalized spacial score (nSPS) is 15.3. The molecule has 1 aliphatic rings. The van der Waals surface area contributed by atoms with Gasteiger partial charge in [-0.05, 0) is 105 Å². The molecule has 6 heteroatoms. The number of hydrogen-bond donors (Lipinski definition) is 2. The van der Waals surface area contributed by atoms with Gasteiger partial charge in [0.15, 0.2) is 0 Å². The molecule has 10 aromatic rings. The van der Waals surface area contributed by atoms with Gasteiger partial charge in [0.05, 0.1) is 33.4 Å². The molecule has 1 saturated carbocycles. The first-order valence-electron chi connectivity index (χ1n) is 21.1. The molecule has 0 radical (unpaired) electrons. The molecule has 0 spiro atoms. The lowest BCUT2D eigenvalue weighted by molar-refractivity contribution is 0.0787. The van der Waals surface area contributed by atoms with Crippen LogP contribution in [0.5, 0.6) is 23.0 Å². The highest BCUT2D eigenvalue weighted by molar-refractivity contribution is 6.10. The van der Waals surface area contributed by atoms with Gasteiger partial charge in [0.2, 0.25) is 0 Å². The summed E-state index contributed by atoms with van der Waals surface area (Å²) < 4.78 is 18.2. The fourth-order valence-electron chi connectivity index (χ4n) is 9.71. The van der Waals surface area contributed by atoms with Crippen molar-refractivity contribution in [3.8, 4) is 56.6 Å². The second-order valence-electron chi connectivity index (χ2n) is 16.3. The maximum Gasteiger partial charge on any atom is 0.147 e. The number of rotatable bonds is 8. The maximum atomic E-state index is 12.2. The van der Waals surface area contributed by atoms with E-state index >= 15 is 0 Å². The first kappa shape index (κ1) is 36.6. The van der Waals surface area contributed by atoms with Crippen LogP contribution in [-0.2, 0) is 0 Å². The lowest BCUT2D eigenvalue weighted by Gasteiger charge is -2.25. The van der Waals surface area contributed by atoms with Crippen molar-refractivity contribution in [2.24, 2.45) is 0 Å². The number of aromatic hydroxyl groups is 2. The van der Waals surface area contributed by atoms with Crippen LogP contribution in [0.15, 0.2) is 170 Å². The molecule has 2 unspecified atom stereocenters. The molecular weight excluding hydrogens is 753 g/mol. The molecule has 8 aromatic carbocycles. The number of ether oxygens (including phenoxy) is 2. The van der Waals surface area contributed by atoms with Crippen molar-refractivity contribution in [2.75, 3.05) is 0 Å². The van der Waals surface area contributed by atoms with Crippen molar-refractivity contribution < 1.29 is 19.7 Å². The number of aromatic nitrogens is 2. The van der Waals surface area contributed by atoms with E-state index in [0.29, 0.717) is 22.6 Å². The number of fused-ring (bicyclic) bond motifs is 6. The number of para-hydroxylation sites is 6. The van der Waals surface area contributed by atoms with E-state index in [1.165, 1.54) is 0 Å². The van der Waals surface area contributed by atoms with Crippen LogP contribution in [0.25, 0.3) is 77.2 Å². The Hall–Kier alpha value is -7.44. The molecular formula is C55H44N2O4. The zero-order chi connectivity index (χ0) is 41.2. The third-order valence-electron chi connectivity index (χ3n) is 12.4. The lowest BCUT2D eigenvalue weighted by Crippen LogP contribution is -2.31. The van der Waals surface area contributed by atoms with E-state index in [2.05, 4.69) is 108 Å². The number of phenolic OH excluding ortho intramolecular Hbond substituents is 2. The minimum absolute atomic E-state index is 0.194. The summed E-state index contributed by atoms with van der Waals surface area (Å²) in [6.45, 7) is 4.14. The molecule has 0 amide bonds. The molecule has 1 fully saturated rings. The third-order valence-corrected chi connectivity index (χ3v) is 12.4. The van der Waals surface area contributed by atoms with Crippen molar-refractivity contribution in [2.45, 2.75) is 45.3 Å². The Morgan fingerprint density at radius 1 is 0.410 bits per heavy atom. The SMILES string of the molecule is Cc1cc(-c2ccccc2OC2CCCC2Oc2ccccc2-c2cc(C)cc(-n3c4ccccc4c4ccccc43)c2O)c(O)c(-n2c3ccccc3c3ccccc32)c1. The first-order chi connectivity index (χ1) is 29.9. The second-order valence-corrected chi connectivity index (χ2v) is 16.3. The van der Waals surface area contributed by atoms with Crippen molar-refractivity contribution >= 4 is 43.6 Å². The van der Waals surface area contributed by atoms with Gasteiger partial charge in [0.1, 0.15) is 35.2 Å².